The number of hydrogen-bond donors (Lipinski definition) is 2. The van der Waals surface area contributed by atoms with Gasteiger partial charge in [0.2, 0.25) is 0 Å². The Morgan fingerprint density at radius 2 is 2.31 bits per heavy atom. The van der Waals surface area contributed by atoms with E-state index in [2.05, 4.69) is 22.5 Å². The molecular weight excluding hydrogens is 276 g/mol. The fourth-order valence-electron chi connectivity index (χ4n) is 1.33. The van der Waals surface area contributed by atoms with Crippen molar-refractivity contribution in [1.29, 1.82) is 0 Å². The third-order valence-corrected chi connectivity index (χ3v) is 2.56. The van der Waals surface area contributed by atoms with Gasteiger partial charge in [0.25, 0.3) is 0 Å². The number of nitro groups is 1. The van der Waals surface area contributed by atoms with Gasteiger partial charge < -0.3 is 10.8 Å². The van der Waals surface area contributed by atoms with E-state index in [-0.39, 0.29) is 11.4 Å². The Kier molecular flexibility index (Phi) is 4.03. The molecule has 0 aliphatic carbocycles. The van der Waals surface area contributed by atoms with Gasteiger partial charge in [-0.2, -0.15) is 0 Å². The number of phenolic OH excluding ortho intramolecular Hbond substituents is 1. The van der Waals surface area contributed by atoms with Gasteiger partial charge in [0.15, 0.2) is 5.75 Å². The van der Waals surface area contributed by atoms with Crippen molar-refractivity contribution in [3.63, 3.8) is 0 Å². The lowest BCUT2D eigenvalue weighted by Crippen LogP contribution is -2.10. The maximum atomic E-state index is 10.7. The summed E-state index contributed by atoms with van der Waals surface area (Å²) in [7, 11) is 0. The van der Waals surface area contributed by atoms with E-state index in [4.69, 9.17) is 5.73 Å². The number of nitro benzene ring substituents is 1. The molecule has 86 valence electrons. The minimum atomic E-state index is -0.649. The highest BCUT2D eigenvalue weighted by atomic mass is 79.9. The summed E-state index contributed by atoms with van der Waals surface area (Å²) in [6, 6.07) is 2.30. The number of hydrogen-bond acceptors (Lipinski definition) is 4. The van der Waals surface area contributed by atoms with Crippen LogP contribution in [0.5, 0.6) is 5.75 Å². The van der Waals surface area contributed by atoms with Crippen LogP contribution in [0.4, 0.5) is 5.69 Å². The summed E-state index contributed by atoms with van der Waals surface area (Å²) in [6.45, 7) is 3.53. The van der Waals surface area contributed by atoms with E-state index in [1.54, 1.807) is 12.1 Å². The maximum Gasteiger partial charge on any atom is 0.312 e. The average Bonchev–Trinajstić information content (AvgIpc) is 2.20. The Labute approximate surface area is 101 Å². The zero-order chi connectivity index (χ0) is 12.3. The molecule has 0 unspecified atom stereocenters. The minimum Gasteiger partial charge on any atom is -0.502 e. The van der Waals surface area contributed by atoms with Crippen molar-refractivity contribution < 1.29 is 10.0 Å². The lowest BCUT2D eigenvalue weighted by atomic mass is 10.0. The van der Waals surface area contributed by atoms with Crippen molar-refractivity contribution in [2.75, 3.05) is 0 Å². The van der Waals surface area contributed by atoms with Crippen LogP contribution in [-0.4, -0.2) is 10.0 Å². The summed E-state index contributed by atoms with van der Waals surface area (Å²) in [6.07, 6.45) is 2.03. The summed E-state index contributed by atoms with van der Waals surface area (Å²) < 4.78 is 0.506. The molecule has 0 spiro atoms. The van der Waals surface area contributed by atoms with Crippen LogP contribution in [0.15, 0.2) is 29.3 Å². The molecule has 3 N–H and O–H groups in total. The van der Waals surface area contributed by atoms with E-state index in [0.717, 1.165) is 0 Å². The molecule has 0 heterocycles. The van der Waals surface area contributed by atoms with Crippen LogP contribution < -0.4 is 5.73 Å². The molecule has 0 aliphatic heterocycles. The summed E-state index contributed by atoms with van der Waals surface area (Å²) >= 11 is 3.14. The molecule has 16 heavy (non-hydrogen) atoms. The minimum absolute atomic E-state index is 0.334. The van der Waals surface area contributed by atoms with Gasteiger partial charge in [-0.15, -0.1) is 6.58 Å². The lowest BCUT2D eigenvalue weighted by Gasteiger charge is -2.12. The largest absolute Gasteiger partial charge is 0.502 e. The monoisotopic (exact) mass is 286 g/mol. The van der Waals surface area contributed by atoms with Crippen LogP contribution in [0.25, 0.3) is 0 Å². The number of halogens is 1. The molecule has 6 heteroatoms. The van der Waals surface area contributed by atoms with Gasteiger partial charge in [-0.25, -0.2) is 0 Å². The highest BCUT2D eigenvalue weighted by Gasteiger charge is 2.21. The Bertz CT molecular complexity index is 434. The molecule has 1 aromatic rings. The standard InChI is InChI=1S/C10H11BrN2O3/c1-2-3-8(12)7-4-6(11)5-9(10(7)14)13(15)16/h2,4-5,8,14H,1,3,12H2/t8-/m1/s1. The average molecular weight is 287 g/mol. The lowest BCUT2D eigenvalue weighted by molar-refractivity contribution is -0.386. The van der Waals surface area contributed by atoms with Gasteiger partial charge in [-0.1, -0.05) is 22.0 Å². The Hall–Kier alpha value is -1.40. The molecule has 1 rings (SSSR count). The first-order chi connectivity index (χ1) is 7.47. The Morgan fingerprint density at radius 1 is 1.69 bits per heavy atom. The van der Waals surface area contributed by atoms with E-state index in [0.29, 0.717) is 16.5 Å². The van der Waals surface area contributed by atoms with Crippen LogP contribution in [0.1, 0.15) is 18.0 Å². The second-order valence-corrected chi connectivity index (χ2v) is 4.17. The number of phenols is 1. The van der Waals surface area contributed by atoms with Crippen molar-refractivity contribution >= 4 is 21.6 Å². The van der Waals surface area contributed by atoms with Crippen LogP contribution >= 0.6 is 15.9 Å². The second-order valence-electron chi connectivity index (χ2n) is 3.25. The van der Waals surface area contributed by atoms with Crippen LogP contribution in [-0.2, 0) is 0 Å². The zero-order valence-electron chi connectivity index (χ0n) is 8.39. The van der Waals surface area contributed by atoms with E-state index in [1.807, 2.05) is 0 Å². The summed E-state index contributed by atoms with van der Waals surface area (Å²) in [5.74, 6) is -0.387. The van der Waals surface area contributed by atoms with E-state index >= 15 is 0 Å². The summed E-state index contributed by atoms with van der Waals surface area (Å²) in [5, 5.41) is 20.4. The fourth-order valence-corrected chi connectivity index (χ4v) is 1.80. The van der Waals surface area contributed by atoms with Crippen molar-refractivity contribution in [2.45, 2.75) is 12.5 Å². The normalized spacial score (nSPS) is 12.1. The number of nitrogens with zero attached hydrogens (tertiary/aromatic N) is 1. The Balaban J connectivity index is 3.28. The third kappa shape index (κ3) is 2.59. The summed E-state index contributed by atoms with van der Waals surface area (Å²) in [5.41, 5.74) is 5.75. The van der Waals surface area contributed by atoms with Gasteiger partial charge in [0.1, 0.15) is 0 Å². The number of rotatable bonds is 4. The zero-order valence-corrected chi connectivity index (χ0v) is 9.98. The highest BCUT2D eigenvalue weighted by molar-refractivity contribution is 9.10. The molecule has 0 bridgehead atoms. The van der Waals surface area contributed by atoms with Gasteiger partial charge in [-0.3, -0.25) is 10.1 Å². The topological polar surface area (TPSA) is 89.4 Å². The molecule has 1 aromatic carbocycles. The first-order valence-corrected chi connectivity index (χ1v) is 5.30. The van der Waals surface area contributed by atoms with Gasteiger partial charge in [0, 0.05) is 22.1 Å². The predicted molar refractivity (Wildman–Crippen MR) is 64.2 cm³/mol. The summed E-state index contributed by atoms with van der Waals surface area (Å²) in [4.78, 5) is 10.0. The molecule has 5 nitrogen and oxygen atoms in total. The fraction of sp³-hybridized carbons (Fsp3) is 0.200. The third-order valence-electron chi connectivity index (χ3n) is 2.10. The smallest absolute Gasteiger partial charge is 0.312 e. The Morgan fingerprint density at radius 3 is 2.81 bits per heavy atom. The molecule has 0 saturated carbocycles. The number of nitrogens with two attached hydrogens (primary N) is 1. The van der Waals surface area contributed by atoms with E-state index < -0.39 is 11.0 Å². The molecule has 0 aromatic heterocycles. The number of aromatic hydroxyl groups is 1. The molecule has 0 aliphatic rings. The van der Waals surface area contributed by atoms with Crippen LogP contribution in [0, 0.1) is 10.1 Å². The van der Waals surface area contributed by atoms with Gasteiger partial charge >= 0.3 is 5.69 Å². The van der Waals surface area contributed by atoms with E-state index in [1.165, 1.54) is 6.07 Å². The second kappa shape index (κ2) is 5.09. The molecule has 0 amide bonds. The van der Waals surface area contributed by atoms with Crippen molar-refractivity contribution in [3.05, 3.63) is 44.9 Å². The van der Waals surface area contributed by atoms with Gasteiger partial charge in [0.05, 0.1) is 4.92 Å². The maximum absolute atomic E-state index is 10.7. The molecule has 1 atom stereocenters. The van der Waals surface area contributed by atoms with Gasteiger partial charge in [-0.05, 0) is 12.5 Å². The SMILES string of the molecule is C=CC[C@@H](N)c1cc(Br)cc([N+](=O)[O-])c1O. The quantitative estimate of drug-likeness (QED) is 0.506. The predicted octanol–water partition coefficient (Wildman–Crippen LogP) is 2.64. The molecule has 0 radical (unpaired) electrons. The van der Waals surface area contributed by atoms with Crippen molar-refractivity contribution in [1.82, 2.24) is 0 Å². The first kappa shape index (κ1) is 12.7. The van der Waals surface area contributed by atoms with Crippen molar-refractivity contribution in [3.8, 4) is 5.75 Å². The van der Waals surface area contributed by atoms with Crippen LogP contribution in [0.2, 0.25) is 0 Å². The van der Waals surface area contributed by atoms with Crippen LogP contribution in [0.3, 0.4) is 0 Å². The highest BCUT2D eigenvalue weighted by Crippen LogP contribution is 2.36. The molecule has 0 saturated heterocycles. The van der Waals surface area contributed by atoms with Crippen molar-refractivity contribution in [2.24, 2.45) is 5.73 Å². The number of benzene rings is 1. The molecule has 0 fully saturated rings. The molecular formula is C10H11BrN2O3. The van der Waals surface area contributed by atoms with E-state index in [9.17, 15) is 15.2 Å². The first-order valence-electron chi connectivity index (χ1n) is 4.50.